The van der Waals surface area contributed by atoms with Gasteiger partial charge in [0.05, 0.1) is 12.5 Å². The molecule has 0 aliphatic carbocycles. The molecule has 2 aliphatic heterocycles. The van der Waals surface area contributed by atoms with Gasteiger partial charge in [0.2, 0.25) is 5.91 Å². The molecule has 1 aromatic rings. The van der Waals surface area contributed by atoms with Crippen molar-refractivity contribution in [1.82, 2.24) is 4.90 Å². The minimum Gasteiger partial charge on any atom is -0.378 e. The Morgan fingerprint density at radius 1 is 1.41 bits per heavy atom. The molecular weight excluding hydrogens is 276 g/mol. The third-order valence-electron chi connectivity index (χ3n) is 4.59. The average Bonchev–Trinajstić information content (AvgIpc) is 3.14. The van der Waals surface area contributed by atoms with Crippen LogP contribution < -0.4 is 5.32 Å². The van der Waals surface area contributed by atoms with Gasteiger partial charge in [-0.15, -0.1) is 0 Å². The Labute approximate surface area is 132 Å². The van der Waals surface area contributed by atoms with Crippen LogP contribution in [-0.4, -0.2) is 30.1 Å². The van der Waals surface area contributed by atoms with E-state index in [1.807, 2.05) is 12.1 Å². The molecule has 1 saturated heterocycles. The third kappa shape index (κ3) is 3.68. The van der Waals surface area contributed by atoms with Crippen LogP contribution in [0.2, 0.25) is 0 Å². The fourth-order valence-electron chi connectivity index (χ4n) is 3.36. The van der Waals surface area contributed by atoms with Crippen molar-refractivity contribution >= 4 is 11.6 Å². The molecule has 1 atom stereocenters. The highest BCUT2D eigenvalue weighted by atomic mass is 16.5. The van der Waals surface area contributed by atoms with Crippen molar-refractivity contribution in [2.75, 3.05) is 18.5 Å². The van der Waals surface area contributed by atoms with Gasteiger partial charge < -0.3 is 10.1 Å². The van der Waals surface area contributed by atoms with Gasteiger partial charge in [-0.2, -0.15) is 0 Å². The number of rotatable bonds is 6. The van der Waals surface area contributed by atoms with Crippen LogP contribution in [0.25, 0.3) is 0 Å². The van der Waals surface area contributed by atoms with Gasteiger partial charge in [0, 0.05) is 25.4 Å². The molecule has 0 spiro atoms. The van der Waals surface area contributed by atoms with E-state index in [0.29, 0.717) is 6.42 Å². The number of amides is 1. The minimum absolute atomic E-state index is 0.0762. The van der Waals surface area contributed by atoms with E-state index in [-0.39, 0.29) is 12.0 Å². The molecule has 22 heavy (non-hydrogen) atoms. The van der Waals surface area contributed by atoms with Crippen molar-refractivity contribution in [2.45, 2.75) is 58.2 Å². The summed E-state index contributed by atoms with van der Waals surface area (Å²) in [5.74, 6) is 0.0762. The molecule has 2 heterocycles. The van der Waals surface area contributed by atoms with Crippen LogP contribution in [0.15, 0.2) is 18.2 Å². The topological polar surface area (TPSA) is 41.6 Å². The maximum atomic E-state index is 12.2. The number of anilines is 1. The van der Waals surface area contributed by atoms with Crippen LogP contribution in [-0.2, 0) is 22.6 Å². The van der Waals surface area contributed by atoms with Gasteiger partial charge >= 0.3 is 0 Å². The summed E-state index contributed by atoms with van der Waals surface area (Å²) in [5, 5.41) is 3.10. The molecular formula is C18H26N2O2. The highest BCUT2D eigenvalue weighted by molar-refractivity contribution is 5.92. The average molecular weight is 302 g/mol. The molecule has 2 aliphatic rings. The van der Waals surface area contributed by atoms with E-state index in [9.17, 15) is 4.79 Å². The Morgan fingerprint density at radius 3 is 3.09 bits per heavy atom. The maximum absolute atomic E-state index is 12.2. The van der Waals surface area contributed by atoms with E-state index in [1.165, 1.54) is 24.0 Å². The smallest absolute Gasteiger partial charge is 0.226 e. The fourth-order valence-corrected chi connectivity index (χ4v) is 3.36. The van der Waals surface area contributed by atoms with Gasteiger partial charge in [0.25, 0.3) is 0 Å². The summed E-state index contributed by atoms with van der Waals surface area (Å²) in [6.07, 6.45) is 5.11. The van der Waals surface area contributed by atoms with E-state index in [1.54, 1.807) is 0 Å². The van der Waals surface area contributed by atoms with Crippen molar-refractivity contribution in [3.8, 4) is 0 Å². The number of unbranched alkanes of at least 4 members (excludes halogenated alkanes) is 1. The summed E-state index contributed by atoms with van der Waals surface area (Å²) >= 11 is 0. The Kier molecular flexibility index (Phi) is 5.11. The van der Waals surface area contributed by atoms with Gasteiger partial charge in [0.15, 0.2) is 0 Å². The second kappa shape index (κ2) is 7.25. The van der Waals surface area contributed by atoms with E-state index in [2.05, 4.69) is 23.2 Å². The van der Waals surface area contributed by atoms with Gasteiger partial charge in [-0.3, -0.25) is 9.69 Å². The highest BCUT2D eigenvalue weighted by Gasteiger charge is 2.23. The van der Waals surface area contributed by atoms with Crippen LogP contribution in [0.5, 0.6) is 0 Å². The molecule has 1 aromatic carbocycles. The first kappa shape index (κ1) is 15.5. The molecule has 4 nitrogen and oxygen atoms in total. The van der Waals surface area contributed by atoms with Gasteiger partial charge in [-0.1, -0.05) is 25.5 Å². The molecule has 4 heteroatoms. The van der Waals surface area contributed by atoms with E-state index < -0.39 is 0 Å². The van der Waals surface area contributed by atoms with Gasteiger partial charge in [-0.05, 0) is 43.0 Å². The first-order valence-corrected chi connectivity index (χ1v) is 8.51. The zero-order chi connectivity index (χ0) is 15.4. The lowest BCUT2D eigenvalue weighted by molar-refractivity contribution is -0.118. The summed E-state index contributed by atoms with van der Waals surface area (Å²) in [6, 6.07) is 6.25. The Bertz CT molecular complexity index is 524. The number of carbonyl (C=O) groups is 1. The van der Waals surface area contributed by atoms with E-state index in [0.717, 1.165) is 44.8 Å². The molecule has 3 rings (SSSR count). The lowest BCUT2D eigenvalue weighted by atomic mass is 10.1. The summed E-state index contributed by atoms with van der Waals surface area (Å²) in [7, 11) is 0. The Balaban J connectivity index is 1.61. The van der Waals surface area contributed by atoms with E-state index >= 15 is 0 Å². The lowest BCUT2D eigenvalue weighted by Gasteiger charge is -2.14. The molecule has 0 aromatic heterocycles. The van der Waals surface area contributed by atoms with Gasteiger partial charge in [0.1, 0.15) is 0 Å². The van der Waals surface area contributed by atoms with Crippen molar-refractivity contribution in [1.29, 1.82) is 0 Å². The number of carbonyl (C=O) groups excluding carboxylic acids is 1. The third-order valence-corrected chi connectivity index (χ3v) is 4.59. The monoisotopic (exact) mass is 302 g/mol. The van der Waals surface area contributed by atoms with Crippen molar-refractivity contribution < 1.29 is 9.53 Å². The molecule has 120 valence electrons. The van der Waals surface area contributed by atoms with Crippen molar-refractivity contribution in [3.05, 3.63) is 29.3 Å². The largest absolute Gasteiger partial charge is 0.378 e. The fraction of sp³-hybridized carbons (Fsp3) is 0.611. The Morgan fingerprint density at radius 2 is 2.32 bits per heavy atom. The predicted octanol–water partition coefficient (Wildman–Crippen LogP) is 3.31. The number of fused-ring (bicyclic) bond motifs is 1. The SMILES string of the molecule is CCCCN1Cc2cccc(NC(=O)C[C@H]3CCCO3)c2C1. The number of benzene rings is 1. The molecule has 1 amide bonds. The molecule has 0 unspecified atom stereocenters. The highest BCUT2D eigenvalue weighted by Crippen LogP contribution is 2.29. The summed E-state index contributed by atoms with van der Waals surface area (Å²) in [5.41, 5.74) is 3.63. The molecule has 1 N–H and O–H groups in total. The summed E-state index contributed by atoms with van der Waals surface area (Å²) in [6.45, 7) is 6.11. The number of hydrogen-bond donors (Lipinski definition) is 1. The van der Waals surface area contributed by atoms with Crippen LogP contribution in [0.3, 0.4) is 0 Å². The predicted molar refractivity (Wildman–Crippen MR) is 87.7 cm³/mol. The van der Waals surface area contributed by atoms with E-state index in [4.69, 9.17) is 4.74 Å². The molecule has 0 saturated carbocycles. The van der Waals surface area contributed by atoms with Crippen LogP contribution in [0.4, 0.5) is 5.69 Å². The number of nitrogens with zero attached hydrogens (tertiary/aromatic N) is 1. The van der Waals surface area contributed by atoms with Crippen LogP contribution >= 0.6 is 0 Å². The number of ether oxygens (including phenoxy) is 1. The second-order valence-corrected chi connectivity index (χ2v) is 6.39. The zero-order valence-corrected chi connectivity index (χ0v) is 13.4. The Hall–Kier alpha value is -1.39. The van der Waals surface area contributed by atoms with Crippen LogP contribution in [0.1, 0.15) is 50.2 Å². The first-order chi connectivity index (χ1) is 10.8. The molecule has 1 fully saturated rings. The van der Waals surface area contributed by atoms with Crippen LogP contribution in [0, 0.1) is 0 Å². The lowest BCUT2D eigenvalue weighted by Crippen LogP contribution is -2.20. The maximum Gasteiger partial charge on any atom is 0.226 e. The second-order valence-electron chi connectivity index (χ2n) is 6.39. The number of hydrogen-bond acceptors (Lipinski definition) is 3. The standard InChI is InChI=1S/C18H26N2O2/c1-2-3-9-20-12-14-6-4-8-17(16(14)13-20)19-18(21)11-15-7-5-10-22-15/h4,6,8,15H,2-3,5,7,9-13H2,1H3,(H,19,21)/t15-/m1/s1. The van der Waals surface area contributed by atoms with Gasteiger partial charge in [-0.25, -0.2) is 0 Å². The first-order valence-electron chi connectivity index (χ1n) is 8.51. The van der Waals surface area contributed by atoms with Crippen molar-refractivity contribution in [2.24, 2.45) is 0 Å². The number of nitrogens with one attached hydrogen (secondary N) is 1. The summed E-state index contributed by atoms with van der Waals surface area (Å²) in [4.78, 5) is 14.7. The molecule has 0 bridgehead atoms. The quantitative estimate of drug-likeness (QED) is 0.876. The normalized spacial score (nSPS) is 21.0. The van der Waals surface area contributed by atoms with Crippen molar-refractivity contribution in [3.63, 3.8) is 0 Å². The minimum atomic E-state index is 0.0762. The molecule has 0 radical (unpaired) electrons. The zero-order valence-electron chi connectivity index (χ0n) is 13.4. The summed E-state index contributed by atoms with van der Waals surface area (Å²) < 4.78 is 5.55.